The molecule has 2 aromatic rings. The highest BCUT2D eigenvalue weighted by Crippen LogP contribution is 2.31. The molecule has 1 fully saturated rings. The Morgan fingerprint density at radius 3 is 2.88 bits per heavy atom. The standard InChI is InChI=1S/C17H17FN4O2/c1-21-14-8-22(7-11-5-19-10-20-6-11)9-16(14)24-15-4-12(18)2-3-13(15)17(21)23/h2-6,10,14,16H,7-9H2,1H3. The number of rotatable bonds is 2. The third kappa shape index (κ3) is 2.60. The van der Waals surface area contributed by atoms with Crippen LogP contribution in [0.3, 0.4) is 0 Å². The van der Waals surface area contributed by atoms with Gasteiger partial charge in [-0.25, -0.2) is 14.4 Å². The fraction of sp³-hybridized carbons (Fsp3) is 0.353. The lowest BCUT2D eigenvalue weighted by molar-refractivity contribution is 0.0682. The van der Waals surface area contributed by atoms with E-state index in [1.165, 1.54) is 24.5 Å². The molecule has 2 atom stereocenters. The first-order chi connectivity index (χ1) is 11.6. The van der Waals surface area contributed by atoms with Gasteiger partial charge in [-0.3, -0.25) is 9.69 Å². The average Bonchev–Trinajstić information content (AvgIpc) is 2.93. The number of halogens is 1. The molecule has 2 aliphatic rings. The van der Waals surface area contributed by atoms with E-state index in [0.717, 1.165) is 5.56 Å². The van der Waals surface area contributed by atoms with Crippen molar-refractivity contribution >= 4 is 5.91 Å². The van der Waals surface area contributed by atoms with Gasteiger partial charge in [-0.1, -0.05) is 0 Å². The van der Waals surface area contributed by atoms with Crippen LogP contribution in [0.2, 0.25) is 0 Å². The van der Waals surface area contributed by atoms with E-state index in [1.807, 2.05) is 0 Å². The van der Waals surface area contributed by atoms with E-state index in [4.69, 9.17) is 4.74 Å². The number of aromatic nitrogens is 2. The van der Waals surface area contributed by atoms with Crippen LogP contribution >= 0.6 is 0 Å². The van der Waals surface area contributed by atoms with Crippen molar-refractivity contribution < 1.29 is 13.9 Å². The number of ether oxygens (including phenoxy) is 1. The zero-order chi connectivity index (χ0) is 16.7. The molecule has 3 heterocycles. The van der Waals surface area contributed by atoms with Crippen LogP contribution in [0, 0.1) is 5.82 Å². The summed E-state index contributed by atoms with van der Waals surface area (Å²) >= 11 is 0. The highest BCUT2D eigenvalue weighted by molar-refractivity contribution is 5.97. The molecule has 6 nitrogen and oxygen atoms in total. The van der Waals surface area contributed by atoms with Crippen LogP contribution in [0.1, 0.15) is 15.9 Å². The first-order valence-corrected chi connectivity index (χ1v) is 7.81. The minimum absolute atomic E-state index is 0.0717. The topological polar surface area (TPSA) is 58.6 Å². The summed E-state index contributed by atoms with van der Waals surface area (Å²) < 4.78 is 19.5. The Balaban J connectivity index is 1.58. The van der Waals surface area contributed by atoms with Gasteiger partial charge in [0, 0.05) is 50.7 Å². The van der Waals surface area contributed by atoms with Gasteiger partial charge in [-0.15, -0.1) is 0 Å². The molecule has 0 saturated carbocycles. The largest absolute Gasteiger partial charge is 0.486 e. The van der Waals surface area contributed by atoms with Crippen LogP contribution in [-0.2, 0) is 6.54 Å². The molecule has 0 bridgehead atoms. The number of nitrogens with zero attached hydrogens (tertiary/aromatic N) is 4. The quantitative estimate of drug-likeness (QED) is 0.832. The van der Waals surface area contributed by atoms with E-state index in [9.17, 15) is 9.18 Å². The van der Waals surface area contributed by atoms with Gasteiger partial charge in [-0.05, 0) is 12.1 Å². The third-order valence-electron chi connectivity index (χ3n) is 4.60. The first-order valence-electron chi connectivity index (χ1n) is 7.81. The second-order valence-corrected chi connectivity index (χ2v) is 6.22. The summed E-state index contributed by atoms with van der Waals surface area (Å²) in [5, 5.41) is 0. The molecular formula is C17H17FN4O2. The van der Waals surface area contributed by atoms with E-state index >= 15 is 0 Å². The summed E-state index contributed by atoms with van der Waals surface area (Å²) in [6.45, 7) is 2.04. The predicted octanol–water partition coefficient (Wildman–Crippen LogP) is 1.33. The van der Waals surface area contributed by atoms with Gasteiger partial charge in [0.05, 0.1) is 11.6 Å². The molecule has 4 rings (SSSR count). The van der Waals surface area contributed by atoms with Gasteiger partial charge in [0.25, 0.3) is 5.91 Å². The van der Waals surface area contributed by atoms with Crippen molar-refractivity contribution in [1.29, 1.82) is 0 Å². The van der Waals surface area contributed by atoms with Crippen molar-refractivity contribution in [3.05, 3.63) is 53.9 Å². The van der Waals surface area contributed by atoms with Gasteiger partial charge < -0.3 is 9.64 Å². The van der Waals surface area contributed by atoms with Crippen LogP contribution in [0.15, 0.2) is 36.9 Å². The summed E-state index contributed by atoms with van der Waals surface area (Å²) in [5.74, 6) is -0.217. The molecule has 0 aliphatic carbocycles. The Hall–Kier alpha value is -2.54. The molecule has 1 amide bonds. The van der Waals surface area contributed by atoms with E-state index in [-0.39, 0.29) is 18.1 Å². The van der Waals surface area contributed by atoms with Gasteiger partial charge in [-0.2, -0.15) is 0 Å². The maximum absolute atomic E-state index is 13.5. The van der Waals surface area contributed by atoms with Crippen LogP contribution in [0.4, 0.5) is 4.39 Å². The second-order valence-electron chi connectivity index (χ2n) is 6.22. The van der Waals surface area contributed by atoms with E-state index < -0.39 is 5.82 Å². The zero-order valence-corrected chi connectivity index (χ0v) is 13.2. The van der Waals surface area contributed by atoms with Crippen LogP contribution in [-0.4, -0.2) is 58.0 Å². The molecule has 1 aromatic carbocycles. The number of benzene rings is 1. The van der Waals surface area contributed by atoms with E-state index in [0.29, 0.717) is 30.9 Å². The van der Waals surface area contributed by atoms with Crippen molar-refractivity contribution in [3.63, 3.8) is 0 Å². The minimum Gasteiger partial charge on any atom is -0.486 e. The molecule has 1 aromatic heterocycles. The fourth-order valence-electron chi connectivity index (χ4n) is 3.39. The van der Waals surface area contributed by atoms with Crippen molar-refractivity contribution in [3.8, 4) is 5.75 Å². The molecular weight excluding hydrogens is 311 g/mol. The maximum atomic E-state index is 13.5. The minimum atomic E-state index is -0.404. The van der Waals surface area contributed by atoms with Crippen LogP contribution < -0.4 is 4.74 Å². The maximum Gasteiger partial charge on any atom is 0.257 e. The van der Waals surface area contributed by atoms with Gasteiger partial charge in [0.2, 0.25) is 0 Å². The number of hydrogen-bond donors (Lipinski definition) is 0. The molecule has 7 heteroatoms. The lowest BCUT2D eigenvalue weighted by Crippen LogP contribution is -2.44. The van der Waals surface area contributed by atoms with Crippen molar-refractivity contribution in [2.24, 2.45) is 0 Å². The lowest BCUT2D eigenvalue weighted by Gasteiger charge is -2.25. The zero-order valence-electron chi connectivity index (χ0n) is 13.2. The molecule has 24 heavy (non-hydrogen) atoms. The van der Waals surface area contributed by atoms with Crippen molar-refractivity contribution in [1.82, 2.24) is 19.8 Å². The molecule has 0 N–H and O–H groups in total. The number of carbonyl (C=O) groups excluding carboxylic acids is 1. The molecule has 124 valence electrons. The average molecular weight is 328 g/mol. The highest BCUT2D eigenvalue weighted by atomic mass is 19.1. The molecule has 2 aliphatic heterocycles. The Bertz CT molecular complexity index is 770. The molecule has 0 radical (unpaired) electrons. The van der Waals surface area contributed by atoms with Gasteiger partial charge in [0.15, 0.2) is 0 Å². The summed E-state index contributed by atoms with van der Waals surface area (Å²) in [7, 11) is 1.77. The monoisotopic (exact) mass is 328 g/mol. The predicted molar refractivity (Wildman–Crippen MR) is 84.0 cm³/mol. The summed E-state index contributed by atoms with van der Waals surface area (Å²) in [6, 6.07) is 4.00. The number of fused-ring (bicyclic) bond motifs is 2. The third-order valence-corrected chi connectivity index (χ3v) is 4.60. The van der Waals surface area contributed by atoms with E-state index in [2.05, 4.69) is 14.9 Å². The number of amides is 1. The SMILES string of the molecule is CN1C(=O)c2ccc(F)cc2OC2CN(Cc3cncnc3)CC21. The van der Waals surface area contributed by atoms with Gasteiger partial charge >= 0.3 is 0 Å². The Morgan fingerprint density at radius 2 is 2.08 bits per heavy atom. The van der Waals surface area contributed by atoms with Crippen molar-refractivity contribution in [2.45, 2.75) is 18.7 Å². The van der Waals surface area contributed by atoms with Gasteiger partial charge in [0.1, 0.15) is 24.0 Å². The summed E-state index contributed by atoms with van der Waals surface area (Å²) in [5.41, 5.74) is 1.42. The number of carbonyl (C=O) groups is 1. The van der Waals surface area contributed by atoms with Crippen molar-refractivity contribution in [2.75, 3.05) is 20.1 Å². The summed E-state index contributed by atoms with van der Waals surface area (Å²) in [6.07, 6.45) is 4.87. The number of likely N-dealkylation sites (tertiary alicyclic amines) is 1. The highest BCUT2D eigenvalue weighted by Gasteiger charge is 2.42. The Labute approximate surface area is 138 Å². The Morgan fingerprint density at radius 1 is 1.29 bits per heavy atom. The summed E-state index contributed by atoms with van der Waals surface area (Å²) in [4.78, 5) is 24.6. The van der Waals surface area contributed by atoms with Crippen LogP contribution in [0.25, 0.3) is 0 Å². The first kappa shape index (κ1) is 15.0. The normalized spacial score (nSPS) is 23.4. The second kappa shape index (κ2) is 5.83. The molecule has 2 unspecified atom stereocenters. The molecule has 1 saturated heterocycles. The lowest BCUT2D eigenvalue weighted by atomic mass is 10.1. The Kier molecular flexibility index (Phi) is 3.65. The smallest absolute Gasteiger partial charge is 0.257 e. The van der Waals surface area contributed by atoms with Crippen LogP contribution in [0.5, 0.6) is 5.75 Å². The number of hydrogen-bond acceptors (Lipinski definition) is 5. The fourth-order valence-corrected chi connectivity index (χ4v) is 3.39. The number of likely N-dealkylation sites (N-methyl/N-ethyl adjacent to an activating group) is 1. The molecule has 0 spiro atoms. The van der Waals surface area contributed by atoms with E-state index in [1.54, 1.807) is 24.3 Å².